The molecule has 1 aliphatic heterocycles. The van der Waals surface area contributed by atoms with Crippen LogP contribution in [0.4, 0.5) is 0 Å². The van der Waals surface area contributed by atoms with E-state index in [0.717, 1.165) is 16.0 Å². The summed E-state index contributed by atoms with van der Waals surface area (Å²) < 4.78 is 1.09. The molecule has 4 heteroatoms. The molecule has 2 nitrogen and oxygen atoms in total. The molecule has 0 unspecified atom stereocenters. The number of piperidine rings is 1. The van der Waals surface area contributed by atoms with Gasteiger partial charge in [0.1, 0.15) is 0 Å². The molecule has 1 aromatic rings. The summed E-state index contributed by atoms with van der Waals surface area (Å²) in [5.74, 6) is 0. The van der Waals surface area contributed by atoms with Gasteiger partial charge in [-0.3, -0.25) is 0 Å². The Morgan fingerprint density at radius 1 is 1.41 bits per heavy atom. The fraction of sp³-hybridized carbons (Fsp3) is 0.538. The van der Waals surface area contributed by atoms with Gasteiger partial charge in [0.25, 0.3) is 0 Å². The normalized spacial score (nSPS) is 18.5. The van der Waals surface area contributed by atoms with Crippen LogP contribution in [0.1, 0.15) is 18.4 Å². The van der Waals surface area contributed by atoms with E-state index in [2.05, 4.69) is 39.3 Å². The number of nitrogens with one attached hydrogen (secondary N) is 1. The van der Waals surface area contributed by atoms with Gasteiger partial charge in [-0.1, -0.05) is 27.5 Å². The average Bonchev–Trinajstić information content (AvgIpc) is 2.32. The fourth-order valence-corrected chi connectivity index (χ4v) is 2.74. The third-order valence-electron chi connectivity index (χ3n) is 3.31. The van der Waals surface area contributed by atoms with Gasteiger partial charge in [-0.15, -0.1) is 0 Å². The van der Waals surface area contributed by atoms with Crippen molar-refractivity contribution in [2.75, 3.05) is 20.1 Å². The van der Waals surface area contributed by atoms with E-state index in [1.165, 1.54) is 31.5 Å². The predicted octanol–water partition coefficient (Wildman–Crippen LogP) is 3.29. The Morgan fingerprint density at radius 3 is 2.82 bits per heavy atom. The van der Waals surface area contributed by atoms with Crippen molar-refractivity contribution < 1.29 is 0 Å². The molecular formula is C13H18BrClN2. The molecule has 0 spiro atoms. The van der Waals surface area contributed by atoms with Gasteiger partial charge in [0.15, 0.2) is 0 Å². The summed E-state index contributed by atoms with van der Waals surface area (Å²) >= 11 is 9.65. The van der Waals surface area contributed by atoms with Crippen molar-refractivity contribution in [3.05, 3.63) is 33.3 Å². The second-order valence-electron chi connectivity index (χ2n) is 4.69. The molecule has 0 amide bonds. The number of likely N-dealkylation sites (tertiary alicyclic amines) is 1. The summed E-state index contributed by atoms with van der Waals surface area (Å²) in [5, 5.41) is 4.44. The van der Waals surface area contributed by atoms with Crippen molar-refractivity contribution in [1.82, 2.24) is 10.2 Å². The lowest BCUT2D eigenvalue weighted by Gasteiger charge is -2.29. The van der Waals surface area contributed by atoms with E-state index in [9.17, 15) is 0 Å². The maximum absolute atomic E-state index is 6.17. The van der Waals surface area contributed by atoms with Crippen LogP contribution in [0.15, 0.2) is 22.7 Å². The summed E-state index contributed by atoms with van der Waals surface area (Å²) in [7, 11) is 2.18. The Hall–Kier alpha value is -0.0900. The lowest BCUT2D eigenvalue weighted by Crippen LogP contribution is -2.40. The molecule has 1 aliphatic rings. The first-order valence-corrected chi connectivity index (χ1v) is 7.18. The molecule has 1 aromatic carbocycles. The molecule has 94 valence electrons. The van der Waals surface area contributed by atoms with Crippen LogP contribution in [0.5, 0.6) is 0 Å². The zero-order valence-corrected chi connectivity index (χ0v) is 12.4. The minimum atomic E-state index is 0.626. The summed E-state index contributed by atoms with van der Waals surface area (Å²) in [6.07, 6.45) is 2.45. The Bertz CT molecular complexity index is 376. The third-order valence-corrected chi connectivity index (χ3v) is 4.17. The number of hydrogen-bond donors (Lipinski definition) is 1. The van der Waals surface area contributed by atoms with Crippen LogP contribution in [0.2, 0.25) is 5.02 Å². The van der Waals surface area contributed by atoms with Gasteiger partial charge < -0.3 is 10.2 Å². The number of hydrogen-bond acceptors (Lipinski definition) is 2. The fourth-order valence-electron chi connectivity index (χ4n) is 2.15. The summed E-state index contributed by atoms with van der Waals surface area (Å²) in [4.78, 5) is 2.38. The zero-order chi connectivity index (χ0) is 12.3. The molecule has 1 fully saturated rings. The van der Waals surface area contributed by atoms with Crippen LogP contribution in [-0.2, 0) is 6.54 Å². The Balaban J connectivity index is 1.87. The van der Waals surface area contributed by atoms with Crippen LogP contribution in [0.3, 0.4) is 0 Å². The lowest BCUT2D eigenvalue weighted by atomic mass is 10.1. The SMILES string of the molecule is CN1CCC(NCc2cc(Br)ccc2Cl)CC1. The number of benzene rings is 1. The van der Waals surface area contributed by atoms with Gasteiger partial charge in [-0.2, -0.15) is 0 Å². The molecule has 17 heavy (non-hydrogen) atoms. The van der Waals surface area contributed by atoms with E-state index in [0.29, 0.717) is 6.04 Å². The Morgan fingerprint density at radius 2 is 2.12 bits per heavy atom. The van der Waals surface area contributed by atoms with Crippen molar-refractivity contribution in [2.45, 2.75) is 25.4 Å². The van der Waals surface area contributed by atoms with E-state index in [-0.39, 0.29) is 0 Å². The third kappa shape index (κ3) is 3.95. The molecule has 1 heterocycles. The molecule has 0 atom stereocenters. The van der Waals surface area contributed by atoms with E-state index < -0.39 is 0 Å². The molecule has 0 radical (unpaired) electrons. The van der Waals surface area contributed by atoms with Gasteiger partial charge in [-0.25, -0.2) is 0 Å². The van der Waals surface area contributed by atoms with Crippen LogP contribution >= 0.6 is 27.5 Å². The number of rotatable bonds is 3. The highest BCUT2D eigenvalue weighted by atomic mass is 79.9. The zero-order valence-electron chi connectivity index (χ0n) is 10.0. The predicted molar refractivity (Wildman–Crippen MR) is 76.5 cm³/mol. The van der Waals surface area contributed by atoms with Gasteiger partial charge >= 0.3 is 0 Å². The smallest absolute Gasteiger partial charge is 0.0451 e. The van der Waals surface area contributed by atoms with Crippen molar-refractivity contribution in [2.24, 2.45) is 0 Å². The molecule has 1 N–H and O–H groups in total. The number of nitrogens with zero attached hydrogens (tertiary/aromatic N) is 1. The van der Waals surface area contributed by atoms with Crippen LogP contribution < -0.4 is 5.32 Å². The first-order chi connectivity index (χ1) is 8.15. The lowest BCUT2D eigenvalue weighted by molar-refractivity contribution is 0.234. The van der Waals surface area contributed by atoms with Crippen LogP contribution in [0.25, 0.3) is 0 Å². The average molecular weight is 318 g/mol. The van der Waals surface area contributed by atoms with Crippen molar-refractivity contribution in [3.63, 3.8) is 0 Å². The molecule has 0 bridgehead atoms. The molecular weight excluding hydrogens is 300 g/mol. The van der Waals surface area contributed by atoms with E-state index >= 15 is 0 Å². The minimum Gasteiger partial charge on any atom is -0.310 e. The van der Waals surface area contributed by atoms with E-state index in [1.807, 2.05) is 12.1 Å². The first-order valence-electron chi connectivity index (χ1n) is 6.01. The minimum absolute atomic E-state index is 0.626. The highest BCUT2D eigenvalue weighted by Gasteiger charge is 2.16. The standard InChI is InChI=1S/C13H18BrClN2/c1-17-6-4-12(5-7-17)16-9-10-8-11(14)2-3-13(10)15/h2-3,8,12,16H,4-7,9H2,1H3. The largest absolute Gasteiger partial charge is 0.310 e. The van der Waals surface area contributed by atoms with Crippen molar-refractivity contribution in [3.8, 4) is 0 Å². The second kappa shape index (κ2) is 6.19. The Kier molecular flexibility index (Phi) is 4.86. The van der Waals surface area contributed by atoms with E-state index in [4.69, 9.17) is 11.6 Å². The Labute approximate surface area is 116 Å². The highest BCUT2D eigenvalue weighted by Crippen LogP contribution is 2.21. The topological polar surface area (TPSA) is 15.3 Å². The highest BCUT2D eigenvalue weighted by molar-refractivity contribution is 9.10. The van der Waals surface area contributed by atoms with E-state index in [1.54, 1.807) is 0 Å². The van der Waals surface area contributed by atoms with Crippen molar-refractivity contribution >= 4 is 27.5 Å². The molecule has 0 aliphatic carbocycles. The number of halogens is 2. The van der Waals surface area contributed by atoms with Crippen molar-refractivity contribution in [1.29, 1.82) is 0 Å². The van der Waals surface area contributed by atoms with Crippen LogP contribution in [0, 0.1) is 0 Å². The summed E-state index contributed by atoms with van der Waals surface area (Å²) in [5.41, 5.74) is 1.17. The summed E-state index contributed by atoms with van der Waals surface area (Å²) in [6, 6.07) is 6.63. The van der Waals surface area contributed by atoms with Gasteiger partial charge in [0.05, 0.1) is 0 Å². The van der Waals surface area contributed by atoms with Gasteiger partial charge in [0.2, 0.25) is 0 Å². The quantitative estimate of drug-likeness (QED) is 0.920. The molecule has 0 saturated carbocycles. The second-order valence-corrected chi connectivity index (χ2v) is 6.02. The summed E-state index contributed by atoms with van der Waals surface area (Å²) in [6.45, 7) is 3.22. The maximum atomic E-state index is 6.17. The molecule has 2 rings (SSSR count). The molecule has 1 saturated heterocycles. The maximum Gasteiger partial charge on any atom is 0.0451 e. The van der Waals surface area contributed by atoms with Gasteiger partial charge in [-0.05, 0) is 56.7 Å². The van der Waals surface area contributed by atoms with Crippen LogP contribution in [-0.4, -0.2) is 31.1 Å². The van der Waals surface area contributed by atoms with Gasteiger partial charge in [0, 0.05) is 22.1 Å². The monoisotopic (exact) mass is 316 g/mol. The first kappa shape index (κ1) is 13.3. The molecule has 0 aromatic heterocycles.